The Morgan fingerprint density at radius 2 is 2.00 bits per heavy atom. The van der Waals surface area contributed by atoms with Crippen LogP contribution in [0.3, 0.4) is 0 Å². The fourth-order valence-corrected chi connectivity index (χ4v) is 2.78. The Bertz CT molecular complexity index is 54.7. The molecule has 0 atom stereocenters. The van der Waals surface area contributed by atoms with E-state index in [0.29, 0.717) is 1.80 Å². The van der Waals surface area contributed by atoms with E-state index in [9.17, 15) is 4.79 Å². The standard InChI is InChI=1S/CH2I2O2/c4-1-2-5-3-1/h2-3H. The van der Waals surface area contributed by atoms with Crippen molar-refractivity contribution in [2.24, 2.45) is 0 Å². The first-order chi connectivity index (χ1) is 2.39. The van der Waals surface area contributed by atoms with Crippen molar-refractivity contribution in [3.63, 3.8) is 0 Å². The summed E-state index contributed by atoms with van der Waals surface area (Å²) in [6, 6.07) is 0. The van der Waals surface area contributed by atoms with Crippen molar-refractivity contribution in [2.45, 2.75) is 0 Å². The van der Waals surface area contributed by atoms with E-state index >= 15 is 0 Å². The average Bonchev–Trinajstić information content (AvgIpc) is 1.30. The zero-order valence-electron chi connectivity index (χ0n) is 2.13. The van der Waals surface area contributed by atoms with E-state index < -0.39 is 43.2 Å². The zero-order valence-corrected chi connectivity index (χ0v) is 6.79. The summed E-state index contributed by atoms with van der Waals surface area (Å²) in [5, 5.41) is 0. The Labute approximate surface area is 50.9 Å². The van der Waals surface area contributed by atoms with Crippen molar-refractivity contribution < 1.29 is 6.19 Å². The first kappa shape index (κ1) is 4.25. The van der Waals surface area contributed by atoms with Crippen molar-refractivity contribution in [2.75, 3.05) is 0 Å². The normalized spacial score (nSPS) is 25.2. The second kappa shape index (κ2) is 1.69. The summed E-state index contributed by atoms with van der Waals surface area (Å²) in [7, 11) is 0. The summed E-state index contributed by atoms with van der Waals surface area (Å²) in [6.45, 7) is 0. The number of carbonyl (C=O) groups is 1. The number of rotatable bonds is 0. The van der Waals surface area contributed by atoms with Crippen LogP contribution in [0.4, 0.5) is 4.79 Å². The zero-order chi connectivity index (χ0) is 3.70. The third-order valence-electron chi connectivity index (χ3n) is 0.204. The van der Waals surface area contributed by atoms with Gasteiger partial charge in [-0.2, -0.15) is 0 Å². The van der Waals surface area contributed by atoms with Gasteiger partial charge in [0.15, 0.2) is 0 Å². The Morgan fingerprint density at radius 3 is 2.00 bits per heavy atom. The molecular formula is CH2I2O2. The van der Waals surface area contributed by atoms with Gasteiger partial charge < -0.3 is 0 Å². The number of hydrogen-bond acceptors (Lipinski definition) is 2. The predicted octanol–water partition coefficient (Wildman–Crippen LogP) is 1.37. The van der Waals surface area contributed by atoms with Gasteiger partial charge in [-0.25, -0.2) is 0 Å². The average molecular weight is 300 g/mol. The van der Waals surface area contributed by atoms with Crippen molar-refractivity contribution in [3.8, 4) is 0 Å². The molecule has 1 fully saturated rings. The van der Waals surface area contributed by atoms with Gasteiger partial charge >= 0.3 is 51.2 Å². The van der Waals surface area contributed by atoms with Gasteiger partial charge in [0, 0.05) is 0 Å². The Balaban J connectivity index is 2.32. The molecule has 0 unspecified atom stereocenters. The molecule has 32 valence electrons. The maximum atomic E-state index is 9.89. The molecule has 0 aromatic rings. The van der Waals surface area contributed by atoms with Crippen LogP contribution < -0.4 is 0 Å². The first-order valence-electron chi connectivity index (χ1n) is 0.946. The third-order valence-corrected chi connectivity index (χ3v) is 6.58. The third kappa shape index (κ3) is 0.967. The van der Waals surface area contributed by atoms with E-state index in [4.69, 9.17) is 1.40 Å². The molecule has 0 amide bonds. The molecule has 0 radical (unpaired) electrons. The van der Waals surface area contributed by atoms with Gasteiger partial charge in [-0.15, -0.1) is 0 Å². The van der Waals surface area contributed by atoms with Gasteiger partial charge in [0.05, 0.1) is 0 Å². The molecule has 0 aromatic heterocycles. The van der Waals surface area contributed by atoms with Crippen LogP contribution in [0.1, 0.15) is 0 Å². The molecule has 1 aliphatic heterocycles. The Morgan fingerprint density at radius 1 is 1.60 bits per heavy atom. The minimum atomic E-state index is -0.491. The molecule has 0 bridgehead atoms. The summed E-state index contributed by atoms with van der Waals surface area (Å²) < 4.78 is 5.22. The fourth-order valence-electron chi connectivity index (χ4n) is 0.0618. The summed E-state index contributed by atoms with van der Waals surface area (Å²) in [4.78, 5) is 9.89. The van der Waals surface area contributed by atoms with E-state index in [2.05, 4.69) is 0 Å². The monoisotopic (exact) mass is 300 g/mol. The van der Waals surface area contributed by atoms with Gasteiger partial charge in [-0.1, -0.05) is 0 Å². The van der Waals surface area contributed by atoms with Crippen LogP contribution in [0.5, 0.6) is 0 Å². The predicted molar refractivity (Wildman–Crippen MR) is 37.3 cm³/mol. The van der Waals surface area contributed by atoms with Crippen molar-refractivity contribution >= 4 is 45.0 Å². The van der Waals surface area contributed by atoms with Crippen LogP contribution in [-0.2, 0) is 1.40 Å². The Kier molecular flexibility index (Phi) is 1.44. The molecule has 4 heteroatoms. The van der Waals surface area contributed by atoms with Crippen LogP contribution in [-0.4, -0.2) is 1.80 Å². The van der Waals surface area contributed by atoms with Crippen LogP contribution >= 0.6 is 43.2 Å². The van der Waals surface area contributed by atoms with E-state index in [1.807, 2.05) is 0 Å². The molecule has 5 heavy (non-hydrogen) atoms. The van der Waals surface area contributed by atoms with Gasteiger partial charge in [-0.3, -0.25) is 0 Å². The molecule has 0 aliphatic carbocycles. The molecule has 1 heterocycles. The molecule has 1 rings (SSSR count). The minimum absolute atomic E-state index is 0.473. The van der Waals surface area contributed by atoms with E-state index in [1.54, 1.807) is 0 Å². The molecule has 0 saturated carbocycles. The molecular weight excluding hydrogens is 298 g/mol. The fraction of sp³-hybridized carbons (Fsp3) is 0. The van der Waals surface area contributed by atoms with Gasteiger partial charge in [0.25, 0.3) is 0 Å². The summed E-state index contributed by atoms with van der Waals surface area (Å²) in [5.74, 6) is 0. The number of carbonyl (C=O) groups excluding carboxylic acids is 1. The van der Waals surface area contributed by atoms with Crippen molar-refractivity contribution in [1.82, 2.24) is 0 Å². The van der Waals surface area contributed by atoms with Crippen LogP contribution in [0.15, 0.2) is 0 Å². The topological polar surface area (TPSA) is 26.3 Å². The van der Waals surface area contributed by atoms with E-state index in [1.165, 1.54) is 0 Å². The summed E-state index contributed by atoms with van der Waals surface area (Å²) in [5.41, 5.74) is 0. The summed E-state index contributed by atoms with van der Waals surface area (Å²) >= 11 is -0.981. The second-order valence-corrected chi connectivity index (χ2v) is 9.05. The molecule has 0 aromatic carbocycles. The molecule has 1 aliphatic rings. The Hall–Kier alpha value is 1.09. The molecule has 2 nitrogen and oxygen atoms in total. The molecule has 1 saturated heterocycles. The van der Waals surface area contributed by atoms with E-state index in [0.717, 1.165) is 0 Å². The van der Waals surface area contributed by atoms with Gasteiger partial charge in [0.2, 0.25) is 0 Å². The van der Waals surface area contributed by atoms with Crippen LogP contribution in [0, 0.1) is 0 Å². The number of halogens is 2. The molecule has 0 spiro atoms. The molecule has 0 N–H and O–H groups in total. The number of hydrogen-bond donors (Lipinski definition) is 0. The van der Waals surface area contributed by atoms with Crippen LogP contribution in [0.25, 0.3) is 0 Å². The van der Waals surface area contributed by atoms with Gasteiger partial charge in [-0.05, 0) is 0 Å². The van der Waals surface area contributed by atoms with Gasteiger partial charge in [0.1, 0.15) is 0 Å². The first-order valence-corrected chi connectivity index (χ1v) is 5.18. The SMILES string of the molecule is O=C1[IH]O[IH]1. The van der Waals surface area contributed by atoms with Crippen molar-refractivity contribution in [3.05, 3.63) is 0 Å². The summed E-state index contributed by atoms with van der Waals surface area (Å²) in [6.07, 6.45) is 0. The van der Waals surface area contributed by atoms with Crippen LogP contribution in [0.2, 0.25) is 0 Å². The van der Waals surface area contributed by atoms with E-state index in [-0.39, 0.29) is 0 Å². The quantitative estimate of drug-likeness (QED) is 0.499. The maximum absolute atomic E-state index is 9.89. The second-order valence-electron chi connectivity index (χ2n) is 0.485. The van der Waals surface area contributed by atoms with Crippen molar-refractivity contribution in [1.29, 1.82) is 0 Å².